The average molecular weight is 561 g/mol. The summed E-state index contributed by atoms with van der Waals surface area (Å²) < 4.78 is 60.6. The van der Waals surface area contributed by atoms with Crippen LogP contribution in [-0.4, -0.2) is 27.4 Å². The van der Waals surface area contributed by atoms with Crippen molar-refractivity contribution in [2.24, 2.45) is 0 Å². The summed E-state index contributed by atoms with van der Waals surface area (Å²) >= 11 is 0. The Morgan fingerprint density at radius 3 is 1.64 bits per heavy atom. The standard InChI is InChI=1S/C31H28O6S2/c1-22(2)26-19-12-20-27-29(26)37-30(32)31(27,23-13-6-3-7-14-23)21-28(38(33,34)24-15-8-4-9-16-24)39(35,36)25-17-10-5-11-18-25/h3-20,22,28H,21H2,1-2H3/t31-/m1/s1. The van der Waals surface area contributed by atoms with Gasteiger partial charge in [0, 0.05) is 12.0 Å². The van der Waals surface area contributed by atoms with Gasteiger partial charge in [0.1, 0.15) is 11.2 Å². The van der Waals surface area contributed by atoms with Crippen molar-refractivity contribution in [3.63, 3.8) is 0 Å². The topological polar surface area (TPSA) is 94.6 Å². The summed E-state index contributed by atoms with van der Waals surface area (Å²) in [5.41, 5.74) is 0.0372. The first-order valence-corrected chi connectivity index (χ1v) is 15.7. The van der Waals surface area contributed by atoms with Gasteiger partial charge in [-0.25, -0.2) is 16.8 Å². The molecule has 4 aromatic carbocycles. The number of carbonyl (C=O) groups is 1. The molecule has 0 amide bonds. The predicted molar refractivity (Wildman–Crippen MR) is 149 cm³/mol. The van der Waals surface area contributed by atoms with Crippen LogP contribution in [0.1, 0.15) is 42.9 Å². The van der Waals surface area contributed by atoms with Gasteiger partial charge in [-0.05, 0) is 41.3 Å². The van der Waals surface area contributed by atoms with Gasteiger partial charge in [-0.3, -0.25) is 4.79 Å². The summed E-state index contributed by atoms with van der Waals surface area (Å²) in [6, 6.07) is 29.0. The number of hydrogen-bond acceptors (Lipinski definition) is 6. The predicted octanol–water partition coefficient (Wildman–Crippen LogP) is 5.68. The maximum Gasteiger partial charge on any atom is 0.326 e. The minimum absolute atomic E-state index is 0.0104. The lowest BCUT2D eigenvalue weighted by Crippen LogP contribution is -2.43. The largest absolute Gasteiger partial charge is 0.425 e. The number of fused-ring (bicyclic) bond motifs is 1. The van der Waals surface area contributed by atoms with E-state index in [2.05, 4.69) is 0 Å². The van der Waals surface area contributed by atoms with Crippen LogP contribution in [0.15, 0.2) is 119 Å². The van der Waals surface area contributed by atoms with Crippen LogP contribution in [0.3, 0.4) is 0 Å². The Morgan fingerprint density at radius 2 is 1.15 bits per heavy atom. The lowest BCUT2D eigenvalue weighted by atomic mass is 9.73. The summed E-state index contributed by atoms with van der Waals surface area (Å²) in [6.07, 6.45) is -0.557. The molecule has 0 fully saturated rings. The molecule has 0 saturated carbocycles. The zero-order chi connectivity index (χ0) is 27.8. The molecule has 0 bridgehead atoms. The van der Waals surface area contributed by atoms with E-state index in [1.54, 1.807) is 78.9 Å². The molecule has 0 spiro atoms. The van der Waals surface area contributed by atoms with Crippen LogP contribution < -0.4 is 4.74 Å². The van der Waals surface area contributed by atoms with Gasteiger partial charge in [-0.1, -0.05) is 98.8 Å². The second kappa shape index (κ2) is 10.1. The quantitative estimate of drug-likeness (QED) is 0.203. The van der Waals surface area contributed by atoms with E-state index in [9.17, 15) is 21.6 Å². The first-order chi connectivity index (χ1) is 18.6. The Labute approximate surface area is 229 Å². The highest BCUT2D eigenvalue weighted by molar-refractivity contribution is 8.09. The highest BCUT2D eigenvalue weighted by Gasteiger charge is 2.56. The van der Waals surface area contributed by atoms with Crippen molar-refractivity contribution < 1.29 is 26.4 Å². The number of para-hydroxylation sites is 1. The Bertz CT molecular complexity index is 1650. The van der Waals surface area contributed by atoms with E-state index in [4.69, 9.17) is 4.74 Å². The first kappa shape index (κ1) is 26.8. The van der Waals surface area contributed by atoms with E-state index in [-0.39, 0.29) is 15.7 Å². The molecule has 0 N–H and O–H groups in total. The van der Waals surface area contributed by atoms with Crippen molar-refractivity contribution in [2.45, 2.75) is 46.0 Å². The second-order valence-electron chi connectivity index (χ2n) is 9.89. The van der Waals surface area contributed by atoms with Crippen LogP contribution in [-0.2, 0) is 29.9 Å². The van der Waals surface area contributed by atoms with Gasteiger partial charge in [0.2, 0.25) is 0 Å². The van der Waals surface area contributed by atoms with Gasteiger partial charge in [0.25, 0.3) is 0 Å². The molecule has 6 nitrogen and oxygen atoms in total. The van der Waals surface area contributed by atoms with E-state index in [1.807, 2.05) is 19.9 Å². The number of hydrogen-bond donors (Lipinski definition) is 0. The molecule has 0 radical (unpaired) electrons. The number of benzene rings is 4. The molecule has 39 heavy (non-hydrogen) atoms. The Morgan fingerprint density at radius 1 is 0.667 bits per heavy atom. The molecule has 4 aromatic rings. The third kappa shape index (κ3) is 4.47. The molecule has 8 heteroatoms. The van der Waals surface area contributed by atoms with Crippen molar-refractivity contribution in [3.05, 3.63) is 126 Å². The number of esters is 1. The number of rotatable bonds is 8. The second-order valence-corrected chi connectivity index (χ2v) is 14.4. The molecule has 1 heterocycles. The fourth-order valence-corrected chi connectivity index (χ4v) is 9.84. The van der Waals surface area contributed by atoms with Gasteiger partial charge >= 0.3 is 5.97 Å². The summed E-state index contributed by atoms with van der Waals surface area (Å²) in [5, 5.41) is 0. The summed E-state index contributed by atoms with van der Waals surface area (Å²) in [7, 11) is -8.98. The average Bonchev–Trinajstić information content (AvgIpc) is 3.24. The van der Waals surface area contributed by atoms with E-state index in [0.717, 1.165) is 5.56 Å². The summed E-state index contributed by atoms with van der Waals surface area (Å²) in [6.45, 7) is 3.93. The third-order valence-electron chi connectivity index (χ3n) is 7.25. The zero-order valence-corrected chi connectivity index (χ0v) is 23.2. The van der Waals surface area contributed by atoms with Crippen molar-refractivity contribution in [1.82, 2.24) is 0 Å². The zero-order valence-electron chi connectivity index (χ0n) is 21.5. The van der Waals surface area contributed by atoms with Gasteiger partial charge in [0.15, 0.2) is 24.3 Å². The molecular formula is C31H28O6S2. The van der Waals surface area contributed by atoms with Crippen LogP contribution >= 0.6 is 0 Å². The summed E-state index contributed by atoms with van der Waals surface area (Å²) in [5.74, 6) is -0.334. The van der Waals surface area contributed by atoms with Gasteiger partial charge < -0.3 is 4.74 Å². The molecule has 0 aromatic heterocycles. The number of carbonyl (C=O) groups excluding carboxylic acids is 1. The minimum Gasteiger partial charge on any atom is -0.425 e. The smallest absolute Gasteiger partial charge is 0.326 e. The normalized spacial score (nSPS) is 17.3. The molecule has 0 aliphatic carbocycles. The Hall–Kier alpha value is -3.75. The van der Waals surface area contributed by atoms with Gasteiger partial charge in [-0.15, -0.1) is 0 Å². The fourth-order valence-electron chi connectivity index (χ4n) is 5.22. The molecule has 200 valence electrons. The maximum atomic E-state index is 14.2. The van der Waals surface area contributed by atoms with Crippen LogP contribution in [0.25, 0.3) is 0 Å². The first-order valence-electron chi connectivity index (χ1n) is 12.6. The highest BCUT2D eigenvalue weighted by atomic mass is 32.3. The molecular weight excluding hydrogens is 532 g/mol. The van der Waals surface area contributed by atoms with Crippen LogP contribution in [0, 0.1) is 0 Å². The molecule has 1 aliphatic heterocycles. The lowest BCUT2D eigenvalue weighted by Gasteiger charge is -2.31. The van der Waals surface area contributed by atoms with E-state index < -0.39 is 42.1 Å². The van der Waals surface area contributed by atoms with Gasteiger partial charge in [0.05, 0.1) is 9.79 Å². The van der Waals surface area contributed by atoms with Gasteiger partial charge in [-0.2, -0.15) is 0 Å². The van der Waals surface area contributed by atoms with Crippen LogP contribution in [0.5, 0.6) is 5.75 Å². The summed E-state index contributed by atoms with van der Waals surface area (Å²) in [4.78, 5) is 13.7. The van der Waals surface area contributed by atoms with Crippen LogP contribution in [0.4, 0.5) is 0 Å². The van der Waals surface area contributed by atoms with E-state index in [0.29, 0.717) is 16.9 Å². The molecule has 0 unspecified atom stereocenters. The SMILES string of the molecule is CC(C)c1cccc2c1OC(=O)[C@]2(CC(S(=O)(=O)c1ccccc1)S(=O)(=O)c1ccccc1)c1ccccc1. The van der Waals surface area contributed by atoms with Crippen molar-refractivity contribution in [1.29, 1.82) is 0 Å². The Kier molecular flexibility index (Phi) is 6.95. The fraction of sp³-hybridized carbons (Fsp3) is 0.194. The molecule has 5 rings (SSSR count). The number of sulfone groups is 2. The minimum atomic E-state index is -4.49. The molecule has 1 atom stereocenters. The Balaban J connectivity index is 1.81. The van der Waals surface area contributed by atoms with Crippen molar-refractivity contribution >= 4 is 25.6 Å². The molecule has 0 saturated heterocycles. The van der Waals surface area contributed by atoms with Crippen molar-refractivity contribution in [2.75, 3.05) is 0 Å². The van der Waals surface area contributed by atoms with Crippen LogP contribution in [0.2, 0.25) is 0 Å². The van der Waals surface area contributed by atoms with E-state index >= 15 is 0 Å². The molecule has 1 aliphatic rings. The highest BCUT2D eigenvalue weighted by Crippen LogP contribution is 2.51. The monoisotopic (exact) mass is 560 g/mol. The number of ether oxygens (including phenoxy) is 1. The third-order valence-corrected chi connectivity index (χ3v) is 12.3. The van der Waals surface area contributed by atoms with E-state index in [1.165, 1.54) is 24.3 Å². The van der Waals surface area contributed by atoms with Crippen molar-refractivity contribution in [3.8, 4) is 5.75 Å². The lowest BCUT2D eigenvalue weighted by molar-refractivity contribution is -0.137. The maximum absolute atomic E-state index is 14.2.